The predicted molar refractivity (Wildman–Crippen MR) is 73.6 cm³/mol. The van der Waals surface area contributed by atoms with Gasteiger partial charge in [0.25, 0.3) is 0 Å². The standard InChI is InChI=1S/C13H22N6/c1-13(2,3)19-10-12(16-17-19)8-14-6-5-11-7-15-18(4)9-11/h7,9-10,14H,5-6,8H2,1-4H3. The van der Waals surface area contributed by atoms with Crippen molar-refractivity contribution in [2.24, 2.45) is 7.05 Å². The first kappa shape index (κ1) is 13.7. The first-order valence-corrected chi connectivity index (χ1v) is 6.55. The van der Waals surface area contributed by atoms with Crippen LogP contribution >= 0.6 is 0 Å². The number of nitrogens with zero attached hydrogens (tertiary/aromatic N) is 5. The summed E-state index contributed by atoms with van der Waals surface area (Å²) in [6, 6.07) is 0. The molecule has 0 atom stereocenters. The van der Waals surface area contributed by atoms with E-state index in [-0.39, 0.29) is 5.54 Å². The maximum atomic E-state index is 4.17. The zero-order valence-corrected chi connectivity index (χ0v) is 12.1. The van der Waals surface area contributed by atoms with Crippen molar-refractivity contribution in [2.75, 3.05) is 6.54 Å². The molecule has 0 radical (unpaired) electrons. The average molecular weight is 262 g/mol. The summed E-state index contributed by atoms with van der Waals surface area (Å²) in [5.74, 6) is 0. The van der Waals surface area contributed by atoms with E-state index in [1.165, 1.54) is 5.56 Å². The van der Waals surface area contributed by atoms with Gasteiger partial charge < -0.3 is 5.32 Å². The van der Waals surface area contributed by atoms with Crippen LogP contribution < -0.4 is 5.32 Å². The van der Waals surface area contributed by atoms with Gasteiger partial charge in [-0.25, -0.2) is 4.68 Å². The molecule has 2 heterocycles. The molecule has 104 valence electrons. The first-order valence-electron chi connectivity index (χ1n) is 6.55. The minimum atomic E-state index is -0.0129. The van der Waals surface area contributed by atoms with Crippen LogP contribution in [0.3, 0.4) is 0 Å². The van der Waals surface area contributed by atoms with Crippen molar-refractivity contribution in [2.45, 2.75) is 39.3 Å². The van der Waals surface area contributed by atoms with Gasteiger partial charge in [-0.3, -0.25) is 4.68 Å². The smallest absolute Gasteiger partial charge is 0.0965 e. The molecule has 0 aromatic carbocycles. The zero-order chi connectivity index (χ0) is 13.9. The van der Waals surface area contributed by atoms with Crippen molar-refractivity contribution in [3.63, 3.8) is 0 Å². The topological polar surface area (TPSA) is 60.6 Å². The Labute approximate surface area is 113 Å². The third-order valence-electron chi connectivity index (χ3n) is 2.88. The van der Waals surface area contributed by atoms with E-state index in [0.717, 1.165) is 25.2 Å². The van der Waals surface area contributed by atoms with Crippen LogP contribution in [0, 0.1) is 0 Å². The molecular weight excluding hydrogens is 240 g/mol. The third-order valence-corrected chi connectivity index (χ3v) is 2.88. The van der Waals surface area contributed by atoms with E-state index < -0.39 is 0 Å². The maximum absolute atomic E-state index is 4.17. The average Bonchev–Trinajstić information content (AvgIpc) is 2.93. The van der Waals surface area contributed by atoms with E-state index in [1.54, 1.807) is 0 Å². The summed E-state index contributed by atoms with van der Waals surface area (Å²) >= 11 is 0. The van der Waals surface area contributed by atoms with Gasteiger partial charge >= 0.3 is 0 Å². The van der Waals surface area contributed by atoms with Crippen LogP contribution in [0.15, 0.2) is 18.6 Å². The highest BCUT2D eigenvalue weighted by Crippen LogP contribution is 2.11. The van der Waals surface area contributed by atoms with Crippen LogP contribution in [0.2, 0.25) is 0 Å². The van der Waals surface area contributed by atoms with Gasteiger partial charge in [0.2, 0.25) is 0 Å². The van der Waals surface area contributed by atoms with Crippen molar-refractivity contribution >= 4 is 0 Å². The molecule has 6 heteroatoms. The Morgan fingerprint density at radius 2 is 2.05 bits per heavy atom. The Hall–Kier alpha value is -1.69. The molecule has 1 N–H and O–H groups in total. The van der Waals surface area contributed by atoms with Gasteiger partial charge in [-0.1, -0.05) is 5.21 Å². The Balaban J connectivity index is 1.75. The lowest BCUT2D eigenvalue weighted by atomic mass is 10.1. The lowest BCUT2D eigenvalue weighted by Gasteiger charge is -2.17. The molecule has 2 rings (SSSR count). The zero-order valence-electron chi connectivity index (χ0n) is 12.1. The summed E-state index contributed by atoms with van der Waals surface area (Å²) in [5, 5.41) is 15.8. The highest BCUT2D eigenvalue weighted by Gasteiger charge is 2.14. The summed E-state index contributed by atoms with van der Waals surface area (Å²) in [5.41, 5.74) is 2.20. The molecule has 6 nitrogen and oxygen atoms in total. The summed E-state index contributed by atoms with van der Waals surface area (Å²) in [6.45, 7) is 7.99. The molecular formula is C13H22N6. The fourth-order valence-corrected chi connectivity index (χ4v) is 1.76. The Morgan fingerprint density at radius 3 is 2.63 bits per heavy atom. The fraction of sp³-hybridized carbons (Fsp3) is 0.615. The second-order valence-corrected chi connectivity index (χ2v) is 5.77. The van der Waals surface area contributed by atoms with Crippen LogP contribution in [0.4, 0.5) is 0 Å². The molecule has 0 spiro atoms. The minimum absolute atomic E-state index is 0.0129. The fourth-order valence-electron chi connectivity index (χ4n) is 1.76. The number of rotatable bonds is 5. The predicted octanol–water partition coefficient (Wildman–Crippen LogP) is 1.10. The number of nitrogens with one attached hydrogen (secondary N) is 1. The number of aryl methyl sites for hydroxylation is 1. The summed E-state index contributed by atoms with van der Waals surface area (Å²) in [6.07, 6.45) is 6.91. The van der Waals surface area contributed by atoms with Crippen LogP contribution in [0.1, 0.15) is 32.0 Å². The van der Waals surface area contributed by atoms with Gasteiger partial charge in [-0.05, 0) is 39.3 Å². The van der Waals surface area contributed by atoms with Crippen molar-refractivity contribution in [3.05, 3.63) is 29.8 Å². The molecule has 0 aliphatic carbocycles. The Bertz CT molecular complexity index is 519. The summed E-state index contributed by atoms with van der Waals surface area (Å²) < 4.78 is 3.72. The lowest BCUT2D eigenvalue weighted by molar-refractivity contribution is 0.347. The van der Waals surface area contributed by atoms with E-state index in [9.17, 15) is 0 Å². The minimum Gasteiger partial charge on any atom is -0.311 e. The monoisotopic (exact) mass is 262 g/mol. The van der Waals surface area contributed by atoms with Crippen LogP contribution in [-0.4, -0.2) is 31.3 Å². The summed E-state index contributed by atoms with van der Waals surface area (Å²) in [4.78, 5) is 0. The van der Waals surface area contributed by atoms with Crippen LogP contribution in [0.25, 0.3) is 0 Å². The second kappa shape index (κ2) is 5.52. The molecule has 0 aliphatic rings. The first-order chi connectivity index (χ1) is 8.95. The maximum Gasteiger partial charge on any atom is 0.0965 e. The lowest BCUT2D eigenvalue weighted by Crippen LogP contribution is -2.22. The molecule has 0 fully saturated rings. The number of aromatic nitrogens is 5. The Morgan fingerprint density at radius 1 is 1.26 bits per heavy atom. The molecule has 0 amide bonds. The second-order valence-electron chi connectivity index (χ2n) is 5.77. The van der Waals surface area contributed by atoms with Gasteiger partial charge in [0.05, 0.1) is 23.6 Å². The van der Waals surface area contributed by atoms with Crippen molar-refractivity contribution in [3.8, 4) is 0 Å². The molecule has 0 saturated heterocycles. The van der Waals surface area contributed by atoms with Crippen molar-refractivity contribution in [1.29, 1.82) is 0 Å². The quantitative estimate of drug-likeness (QED) is 0.820. The molecule has 0 unspecified atom stereocenters. The van der Waals surface area contributed by atoms with Crippen LogP contribution in [0.5, 0.6) is 0 Å². The molecule has 0 saturated carbocycles. The van der Waals surface area contributed by atoms with Crippen LogP contribution in [-0.2, 0) is 25.6 Å². The van der Waals surface area contributed by atoms with E-state index >= 15 is 0 Å². The normalized spacial score (nSPS) is 12.0. The highest BCUT2D eigenvalue weighted by atomic mass is 15.4. The molecule has 19 heavy (non-hydrogen) atoms. The van der Waals surface area contributed by atoms with E-state index in [0.29, 0.717) is 0 Å². The van der Waals surface area contributed by atoms with Gasteiger partial charge in [0.1, 0.15) is 0 Å². The SMILES string of the molecule is Cn1cc(CCNCc2cn(C(C)(C)C)nn2)cn1. The van der Waals surface area contributed by atoms with Gasteiger partial charge in [0, 0.05) is 19.8 Å². The Kier molecular flexibility index (Phi) is 3.99. The number of hydrogen-bond acceptors (Lipinski definition) is 4. The molecule has 0 aliphatic heterocycles. The van der Waals surface area contributed by atoms with Crippen molar-refractivity contribution in [1.82, 2.24) is 30.1 Å². The molecule has 2 aromatic rings. The molecule has 0 bridgehead atoms. The van der Waals surface area contributed by atoms with Crippen molar-refractivity contribution < 1.29 is 0 Å². The van der Waals surface area contributed by atoms with E-state index in [2.05, 4.69) is 41.5 Å². The third kappa shape index (κ3) is 3.89. The highest BCUT2D eigenvalue weighted by molar-refractivity contribution is 5.04. The largest absolute Gasteiger partial charge is 0.311 e. The summed E-state index contributed by atoms with van der Waals surface area (Å²) in [7, 11) is 1.93. The van der Waals surface area contributed by atoms with Gasteiger partial charge in [-0.15, -0.1) is 5.10 Å². The molecule has 2 aromatic heterocycles. The van der Waals surface area contributed by atoms with E-state index in [1.807, 2.05) is 35.0 Å². The number of hydrogen-bond donors (Lipinski definition) is 1. The van der Waals surface area contributed by atoms with Gasteiger partial charge in [0.15, 0.2) is 0 Å². The van der Waals surface area contributed by atoms with E-state index in [4.69, 9.17) is 0 Å². The van der Waals surface area contributed by atoms with Gasteiger partial charge in [-0.2, -0.15) is 5.10 Å².